The highest BCUT2D eigenvalue weighted by Gasteiger charge is 2.15. The fourth-order valence-electron chi connectivity index (χ4n) is 2.04. The van der Waals surface area contributed by atoms with Crippen LogP contribution in [0.15, 0.2) is 18.2 Å². The van der Waals surface area contributed by atoms with Gasteiger partial charge < -0.3 is 20.1 Å². The van der Waals surface area contributed by atoms with Crippen LogP contribution in [0.2, 0.25) is 0 Å². The maximum atomic E-state index is 11.8. The van der Waals surface area contributed by atoms with E-state index >= 15 is 0 Å². The van der Waals surface area contributed by atoms with Gasteiger partial charge in [-0.15, -0.1) is 12.4 Å². The van der Waals surface area contributed by atoms with Crippen LogP contribution in [-0.4, -0.2) is 31.7 Å². The lowest BCUT2D eigenvalue weighted by molar-refractivity contribution is -0.124. The Morgan fingerprint density at radius 3 is 2.42 bits per heavy atom. The van der Waals surface area contributed by atoms with Gasteiger partial charge in [0.25, 0.3) is 5.91 Å². The molecule has 0 saturated heterocycles. The average Bonchev–Trinajstić information content (AvgIpc) is 2.43. The SMILES string of the molecule is COc1cc(CNCC(C)C)ccc1OCC(=O)NC(C)(C)C.Cl. The van der Waals surface area contributed by atoms with Crippen LogP contribution in [0.1, 0.15) is 40.2 Å². The Morgan fingerprint density at radius 2 is 1.88 bits per heavy atom. The average molecular weight is 359 g/mol. The van der Waals surface area contributed by atoms with Gasteiger partial charge in [0, 0.05) is 12.1 Å². The molecule has 0 saturated carbocycles. The van der Waals surface area contributed by atoms with Crippen molar-refractivity contribution in [3.8, 4) is 11.5 Å². The van der Waals surface area contributed by atoms with Crippen molar-refractivity contribution in [3.63, 3.8) is 0 Å². The van der Waals surface area contributed by atoms with Crippen LogP contribution in [0.25, 0.3) is 0 Å². The van der Waals surface area contributed by atoms with E-state index in [1.54, 1.807) is 7.11 Å². The number of halogens is 1. The van der Waals surface area contributed by atoms with Crippen LogP contribution in [0.4, 0.5) is 0 Å². The van der Waals surface area contributed by atoms with Crippen LogP contribution >= 0.6 is 12.4 Å². The number of carbonyl (C=O) groups excluding carboxylic acids is 1. The van der Waals surface area contributed by atoms with Crippen molar-refractivity contribution in [2.75, 3.05) is 20.3 Å². The summed E-state index contributed by atoms with van der Waals surface area (Å²) in [4.78, 5) is 11.8. The highest BCUT2D eigenvalue weighted by molar-refractivity contribution is 5.85. The molecule has 2 N–H and O–H groups in total. The zero-order valence-electron chi connectivity index (χ0n) is 15.6. The largest absolute Gasteiger partial charge is 0.493 e. The zero-order valence-corrected chi connectivity index (χ0v) is 16.4. The van der Waals surface area contributed by atoms with Gasteiger partial charge in [-0.3, -0.25) is 4.79 Å². The van der Waals surface area contributed by atoms with Crippen LogP contribution in [0.5, 0.6) is 11.5 Å². The molecular weight excluding hydrogens is 328 g/mol. The third-order valence-corrected chi connectivity index (χ3v) is 2.98. The predicted molar refractivity (Wildman–Crippen MR) is 100 cm³/mol. The first-order valence-corrected chi connectivity index (χ1v) is 8.02. The molecule has 0 bridgehead atoms. The summed E-state index contributed by atoms with van der Waals surface area (Å²) in [5.74, 6) is 1.67. The van der Waals surface area contributed by atoms with Crippen LogP contribution in [0, 0.1) is 5.92 Å². The third kappa shape index (κ3) is 8.99. The Balaban J connectivity index is 0.00000529. The topological polar surface area (TPSA) is 59.6 Å². The summed E-state index contributed by atoms with van der Waals surface area (Å²) < 4.78 is 10.9. The standard InChI is InChI=1S/C18H30N2O3.ClH/c1-13(2)10-19-11-14-7-8-15(16(9-14)22-6)23-12-17(21)20-18(3,4)5;/h7-9,13,19H,10-12H2,1-6H3,(H,20,21);1H. The van der Waals surface area contributed by atoms with Gasteiger partial charge in [-0.25, -0.2) is 0 Å². The molecule has 1 rings (SSSR count). The highest BCUT2D eigenvalue weighted by atomic mass is 35.5. The second-order valence-corrected chi connectivity index (χ2v) is 7.10. The van der Waals surface area contributed by atoms with Crippen molar-refractivity contribution in [1.29, 1.82) is 0 Å². The van der Waals surface area contributed by atoms with Crippen molar-refractivity contribution in [3.05, 3.63) is 23.8 Å². The lowest BCUT2D eigenvalue weighted by atomic mass is 10.1. The molecule has 0 aliphatic rings. The second-order valence-electron chi connectivity index (χ2n) is 7.10. The van der Waals surface area contributed by atoms with Crippen molar-refractivity contribution >= 4 is 18.3 Å². The van der Waals surface area contributed by atoms with Crippen molar-refractivity contribution in [1.82, 2.24) is 10.6 Å². The van der Waals surface area contributed by atoms with Crippen LogP contribution < -0.4 is 20.1 Å². The molecule has 0 unspecified atom stereocenters. The summed E-state index contributed by atoms with van der Waals surface area (Å²) in [6, 6.07) is 5.76. The molecule has 138 valence electrons. The fraction of sp³-hybridized carbons (Fsp3) is 0.611. The Labute approximate surface area is 151 Å². The van der Waals surface area contributed by atoms with Gasteiger partial charge in [-0.1, -0.05) is 19.9 Å². The predicted octanol–water partition coefficient (Wildman–Crippen LogP) is 3.16. The summed E-state index contributed by atoms with van der Waals surface area (Å²) >= 11 is 0. The molecule has 0 aliphatic heterocycles. The minimum Gasteiger partial charge on any atom is -0.493 e. The number of amides is 1. The Morgan fingerprint density at radius 1 is 1.21 bits per heavy atom. The summed E-state index contributed by atoms with van der Waals surface area (Å²) in [5, 5.41) is 6.25. The maximum Gasteiger partial charge on any atom is 0.258 e. The van der Waals surface area contributed by atoms with Crippen molar-refractivity contribution < 1.29 is 14.3 Å². The van der Waals surface area contributed by atoms with E-state index in [1.807, 2.05) is 39.0 Å². The first-order valence-electron chi connectivity index (χ1n) is 8.02. The molecule has 1 aromatic rings. The van der Waals surface area contributed by atoms with E-state index < -0.39 is 0 Å². The molecule has 1 amide bonds. The fourth-order valence-corrected chi connectivity index (χ4v) is 2.04. The molecule has 0 radical (unpaired) electrons. The number of hydrogen-bond acceptors (Lipinski definition) is 4. The molecule has 0 heterocycles. The van der Waals surface area contributed by atoms with E-state index in [4.69, 9.17) is 9.47 Å². The number of carbonyl (C=O) groups is 1. The number of ether oxygens (including phenoxy) is 2. The summed E-state index contributed by atoms with van der Waals surface area (Å²) in [6.45, 7) is 11.9. The Hall–Kier alpha value is -1.46. The summed E-state index contributed by atoms with van der Waals surface area (Å²) in [5.41, 5.74) is 0.852. The van der Waals surface area contributed by atoms with Gasteiger partial charge in [0.05, 0.1) is 7.11 Å². The number of benzene rings is 1. The second kappa shape index (κ2) is 10.4. The van der Waals surface area contributed by atoms with Gasteiger partial charge in [-0.05, 0) is 50.9 Å². The lowest BCUT2D eigenvalue weighted by Gasteiger charge is -2.20. The molecular formula is C18H31ClN2O3. The van der Waals surface area contributed by atoms with Crippen LogP contribution in [0.3, 0.4) is 0 Å². The normalized spacial score (nSPS) is 11.0. The molecule has 0 spiro atoms. The minimum atomic E-state index is -0.267. The molecule has 0 atom stereocenters. The van der Waals surface area contributed by atoms with Gasteiger partial charge in [0.2, 0.25) is 0 Å². The van der Waals surface area contributed by atoms with E-state index in [9.17, 15) is 4.79 Å². The summed E-state index contributed by atoms with van der Waals surface area (Å²) in [7, 11) is 1.60. The van der Waals surface area contributed by atoms with Crippen LogP contribution in [-0.2, 0) is 11.3 Å². The van der Waals surface area contributed by atoms with Crippen molar-refractivity contribution in [2.45, 2.75) is 46.7 Å². The Bertz CT molecular complexity index is 513. The number of nitrogens with one attached hydrogen (secondary N) is 2. The monoisotopic (exact) mass is 358 g/mol. The van der Waals surface area contributed by atoms with E-state index in [1.165, 1.54) is 0 Å². The summed E-state index contributed by atoms with van der Waals surface area (Å²) in [6.07, 6.45) is 0. The molecule has 24 heavy (non-hydrogen) atoms. The quantitative estimate of drug-likeness (QED) is 0.749. The van der Waals surface area contributed by atoms with E-state index in [-0.39, 0.29) is 30.5 Å². The molecule has 0 aromatic heterocycles. The first-order chi connectivity index (χ1) is 10.7. The highest BCUT2D eigenvalue weighted by Crippen LogP contribution is 2.28. The number of rotatable bonds is 8. The van der Waals surface area contributed by atoms with E-state index in [0.29, 0.717) is 17.4 Å². The van der Waals surface area contributed by atoms with E-state index in [2.05, 4.69) is 24.5 Å². The van der Waals surface area contributed by atoms with E-state index in [0.717, 1.165) is 18.7 Å². The van der Waals surface area contributed by atoms with Gasteiger partial charge in [0.1, 0.15) is 0 Å². The Kier molecular flexibility index (Phi) is 9.78. The van der Waals surface area contributed by atoms with Gasteiger partial charge in [-0.2, -0.15) is 0 Å². The number of methoxy groups -OCH3 is 1. The molecule has 0 aliphatic carbocycles. The van der Waals surface area contributed by atoms with Crippen molar-refractivity contribution in [2.24, 2.45) is 5.92 Å². The first kappa shape index (κ1) is 22.5. The van der Waals surface area contributed by atoms with Gasteiger partial charge >= 0.3 is 0 Å². The van der Waals surface area contributed by atoms with Gasteiger partial charge in [0.15, 0.2) is 18.1 Å². The third-order valence-electron chi connectivity index (χ3n) is 2.98. The molecule has 6 heteroatoms. The molecule has 5 nitrogen and oxygen atoms in total. The minimum absolute atomic E-state index is 0. The zero-order chi connectivity index (χ0) is 17.5. The molecule has 0 fully saturated rings. The number of hydrogen-bond donors (Lipinski definition) is 2. The molecule has 1 aromatic carbocycles. The maximum absolute atomic E-state index is 11.8. The lowest BCUT2D eigenvalue weighted by Crippen LogP contribution is -2.43. The smallest absolute Gasteiger partial charge is 0.258 e.